The average molecular weight is 206 g/mol. The van der Waals surface area contributed by atoms with Crippen molar-refractivity contribution >= 4 is 11.6 Å². The molecule has 0 saturated heterocycles. The molecule has 2 N–H and O–H groups in total. The summed E-state index contributed by atoms with van der Waals surface area (Å²) in [5.74, 6) is 0.0118. The van der Waals surface area contributed by atoms with Gasteiger partial charge in [-0.05, 0) is 31.5 Å². The van der Waals surface area contributed by atoms with Crippen molar-refractivity contribution in [2.45, 2.75) is 20.3 Å². The van der Waals surface area contributed by atoms with Crippen molar-refractivity contribution in [2.24, 2.45) is 0 Å². The zero-order chi connectivity index (χ0) is 11.1. The van der Waals surface area contributed by atoms with Crippen molar-refractivity contribution in [3.63, 3.8) is 0 Å². The maximum absolute atomic E-state index is 11.5. The fourth-order valence-electron chi connectivity index (χ4n) is 1.29. The molecule has 3 nitrogen and oxygen atoms in total. The Morgan fingerprint density at radius 2 is 2.07 bits per heavy atom. The summed E-state index contributed by atoms with van der Waals surface area (Å²) in [6.45, 7) is 5.31. The molecule has 0 spiro atoms. The number of para-hydroxylation sites is 1. The van der Waals surface area contributed by atoms with E-state index >= 15 is 0 Å². The second-order valence-electron chi connectivity index (χ2n) is 3.54. The highest BCUT2D eigenvalue weighted by molar-refractivity contribution is 5.92. The van der Waals surface area contributed by atoms with Gasteiger partial charge in [-0.2, -0.15) is 0 Å². The van der Waals surface area contributed by atoms with Crippen molar-refractivity contribution in [1.82, 2.24) is 5.32 Å². The quantitative estimate of drug-likeness (QED) is 0.723. The van der Waals surface area contributed by atoms with Gasteiger partial charge in [-0.1, -0.05) is 25.1 Å². The Hall–Kier alpha value is -1.35. The van der Waals surface area contributed by atoms with E-state index in [9.17, 15) is 4.79 Å². The summed E-state index contributed by atoms with van der Waals surface area (Å²) < 4.78 is 0. The molecule has 0 aromatic heterocycles. The molecule has 1 aromatic carbocycles. The van der Waals surface area contributed by atoms with E-state index in [1.54, 1.807) is 0 Å². The molecule has 0 aliphatic rings. The molecule has 1 aromatic rings. The van der Waals surface area contributed by atoms with Crippen LogP contribution in [0.25, 0.3) is 0 Å². The highest BCUT2D eigenvalue weighted by atomic mass is 16.1. The number of amides is 1. The lowest BCUT2D eigenvalue weighted by molar-refractivity contribution is -0.115. The van der Waals surface area contributed by atoms with Gasteiger partial charge in [0.1, 0.15) is 0 Å². The molecule has 0 aliphatic heterocycles. The standard InChI is InChI=1S/C12H18N2O/c1-3-8-13-9-12(15)14-11-7-5-4-6-10(11)2/h4-7,13H,3,8-9H2,1-2H3,(H,14,15). The summed E-state index contributed by atoms with van der Waals surface area (Å²) in [4.78, 5) is 11.5. The molecule has 0 aliphatic carbocycles. The molecule has 82 valence electrons. The molecule has 0 bridgehead atoms. The Balaban J connectivity index is 2.41. The number of aryl methyl sites for hydroxylation is 1. The first-order valence-electron chi connectivity index (χ1n) is 5.30. The van der Waals surface area contributed by atoms with Crippen LogP contribution in [0.5, 0.6) is 0 Å². The third-order valence-corrected chi connectivity index (χ3v) is 2.13. The molecular weight excluding hydrogens is 188 g/mol. The van der Waals surface area contributed by atoms with Gasteiger partial charge < -0.3 is 10.6 Å². The van der Waals surface area contributed by atoms with E-state index in [0.717, 1.165) is 24.2 Å². The van der Waals surface area contributed by atoms with E-state index in [4.69, 9.17) is 0 Å². The van der Waals surface area contributed by atoms with Gasteiger partial charge in [0.05, 0.1) is 6.54 Å². The maximum atomic E-state index is 11.5. The summed E-state index contributed by atoms with van der Waals surface area (Å²) >= 11 is 0. The van der Waals surface area contributed by atoms with Crippen LogP contribution in [0.3, 0.4) is 0 Å². The van der Waals surface area contributed by atoms with Gasteiger partial charge in [0.25, 0.3) is 0 Å². The number of benzene rings is 1. The number of nitrogens with one attached hydrogen (secondary N) is 2. The molecule has 0 unspecified atom stereocenters. The molecular formula is C12H18N2O. The molecule has 0 atom stereocenters. The van der Waals surface area contributed by atoms with Crippen LogP contribution in [-0.2, 0) is 4.79 Å². The van der Waals surface area contributed by atoms with Crippen molar-refractivity contribution in [3.05, 3.63) is 29.8 Å². The first kappa shape index (κ1) is 11.7. The van der Waals surface area contributed by atoms with Crippen LogP contribution in [0.2, 0.25) is 0 Å². The highest BCUT2D eigenvalue weighted by Crippen LogP contribution is 2.12. The van der Waals surface area contributed by atoms with E-state index in [1.165, 1.54) is 0 Å². The zero-order valence-electron chi connectivity index (χ0n) is 9.34. The minimum atomic E-state index is 0.0118. The van der Waals surface area contributed by atoms with E-state index in [1.807, 2.05) is 31.2 Å². The summed E-state index contributed by atoms with van der Waals surface area (Å²) in [5, 5.41) is 5.93. The molecule has 1 rings (SSSR count). The van der Waals surface area contributed by atoms with Gasteiger partial charge in [0, 0.05) is 5.69 Å². The van der Waals surface area contributed by atoms with Crippen LogP contribution in [0.15, 0.2) is 24.3 Å². The summed E-state index contributed by atoms with van der Waals surface area (Å²) in [6, 6.07) is 7.77. The first-order chi connectivity index (χ1) is 7.24. The summed E-state index contributed by atoms with van der Waals surface area (Å²) in [5.41, 5.74) is 1.97. The second-order valence-corrected chi connectivity index (χ2v) is 3.54. The van der Waals surface area contributed by atoms with Gasteiger partial charge >= 0.3 is 0 Å². The van der Waals surface area contributed by atoms with Crippen LogP contribution in [-0.4, -0.2) is 19.0 Å². The lowest BCUT2D eigenvalue weighted by Crippen LogP contribution is -2.28. The fourth-order valence-corrected chi connectivity index (χ4v) is 1.29. The molecule has 3 heteroatoms. The van der Waals surface area contributed by atoms with Crippen molar-refractivity contribution in [1.29, 1.82) is 0 Å². The molecule has 15 heavy (non-hydrogen) atoms. The molecule has 1 amide bonds. The van der Waals surface area contributed by atoms with Gasteiger partial charge in [-0.25, -0.2) is 0 Å². The lowest BCUT2D eigenvalue weighted by atomic mass is 10.2. The Labute approximate surface area is 90.9 Å². The second kappa shape index (κ2) is 6.19. The number of carbonyl (C=O) groups excluding carboxylic acids is 1. The van der Waals surface area contributed by atoms with E-state index in [-0.39, 0.29) is 5.91 Å². The SMILES string of the molecule is CCCNCC(=O)Nc1ccccc1C. The van der Waals surface area contributed by atoms with Crippen molar-refractivity contribution in [3.8, 4) is 0 Å². The van der Waals surface area contributed by atoms with Crippen LogP contribution >= 0.6 is 0 Å². The number of rotatable bonds is 5. The molecule has 0 fully saturated rings. The Morgan fingerprint density at radius 1 is 1.33 bits per heavy atom. The van der Waals surface area contributed by atoms with Crippen LogP contribution < -0.4 is 10.6 Å². The Morgan fingerprint density at radius 3 is 2.73 bits per heavy atom. The van der Waals surface area contributed by atoms with Crippen molar-refractivity contribution in [2.75, 3.05) is 18.4 Å². The van der Waals surface area contributed by atoms with Crippen LogP contribution in [0.4, 0.5) is 5.69 Å². The van der Waals surface area contributed by atoms with Gasteiger partial charge in [0.15, 0.2) is 0 Å². The third-order valence-electron chi connectivity index (χ3n) is 2.13. The van der Waals surface area contributed by atoms with E-state index in [2.05, 4.69) is 17.6 Å². The van der Waals surface area contributed by atoms with Crippen LogP contribution in [0.1, 0.15) is 18.9 Å². The van der Waals surface area contributed by atoms with Crippen molar-refractivity contribution < 1.29 is 4.79 Å². The first-order valence-corrected chi connectivity index (χ1v) is 5.30. The van der Waals surface area contributed by atoms with E-state index < -0.39 is 0 Å². The van der Waals surface area contributed by atoms with E-state index in [0.29, 0.717) is 6.54 Å². The topological polar surface area (TPSA) is 41.1 Å². The number of carbonyl (C=O) groups is 1. The molecule has 0 radical (unpaired) electrons. The largest absolute Gasteiger partial charge is 0.325 e. The predicted octanol–water partition coefficient (Wildman–Crippen LogP) is 1.93. The van der Waals surface area contributed by atoms with Gasteiger partial charge in [0.2, 0.25) is 5.91 Å². The van der Waals surface area contributed by atoms with Crippen LogP contribution in [0, 0.1) is 6.92 Å². The third kappa shape index (κ3) is 4.13. The summed E-state index contributed by atoms with van der Waals surface area (Å²) in [6.07, 6.45) is 1.04. The lowest BCUT2D eigenvalue weighted by Gasteiger charge is -2.08. The number of hydrogen-bond acceptors (Lipinski definition) is 2. The highest BCUT2D eigenvalue weighted by Gasteiger charge is 2.02. The smallest absolute Gasteiger partial charge is 0.238 e. The normalized spacial score (nSPS) is 10.0. The zero-order valence-corrected chi connectivity index (χ0v) is 9.34. The molecule has 0 saturated carbocycles. The predicted molar refractivity (Wildman–Crippen MR) is 63.0 cm³/mol. The molecule has 0 heterocycles. The summed E-state index contributed by atoms with van der Waals surface area (Å²) in [7, 11) is 0. The fraction of sp³-hybridized carbons (Fsp3) is 0.417. The Bertz CT molecular complexity index is 323. The monoisotopic (exact) mass is 206 g/mol. The average Bonchev–Trinajstić information content (AvgIpc) is 2.22. The van der Waals surface area contributed by atoms with Gasteiger partial charge in [-0.15, -0.1) is 0 Å². The number of anilines is 1. The maximum Gasteiger partial charge on any atom is 0.238 e. The van der Waals surface area contributed by atoms with Gasteiger partial charge in [-0.3, -0.25) is 4.79 Å². The minimum Gasteiger partial charge on any atom is -0.325 e. The number of hydrogen-bond donors (Lipinski definition) is 2. The minimum absolute atomic E-state index is 0.0118. The Kier molecular flexibility index (Phi) is 4.84.